The van der Waals surface area contributed by atoms with Crippen LogP contribution in [-0.4, -0.2) is 35.0 Å². The molecule has 0 radical (unpaired) electrons. The highest BCUT2D eigenvalue weighted by Crippen LogP contribution is 2.20. The SMILES string of the molecule is Cc1ccc(C(=O)O[C@H](C)C(=O)NC(=O)NC(C)C)cc1[N+](=O)[O-]. The average Bonchev–Trinajstić information content (AvgIpc) is 2.45. The number of hydrogen-bond acceptors (Lipinski definition) is 6. The van der Waals surface area contributed by atoms with Crippen LogP contribution in [0.5, 0.6) is 0 Å². The fourth-order valence-electron chi connectivity index (χ4n) is 1.73. The molecule has 0 aliphatic heterocycles. The number of hydrogen-bond donors (Lipinski definition) is 2. The summed E-state index contributed by atoms with van der Waals surface area (Å²) in [6.45, 7) is 6.27. The zero-order valence-electron chi connectivity index (χ0n) is 13.8. The molecule has 0 bridgehead atoms. The highest BCUT2D eigenvalue weighted by atomic mass is 16.6. The van der Waals surface area contributed by atoms with E-state index in [9.17, 15) is 24.5 Å². The van der Waals surface area contributed by atoms with Gasteiger partial charge in [0, 0.05) is 17.7 Å². The summed E-state index contributed by atoms with van der Waals surface area (Å²) < 4.78 is 4.93. The van der Waals surface area contributed by atoms with Gasteiger partial charge in [-0.05, 0) is 33.8 Å². The normalized spacial score (nSPS) is 11.5. The van der Waals surface area contributed by atoms with Crippen molar-refractivity contribution < 1.29 is 24.0 Å². The second-order valence-electron chi connectivity index (χ2n) is 5.42. The summed E-state index contributed by atoms with van der Waals surface area (Å²) in [6, 6.07) is 2.98. The van der Waals surface area contributed by atoms with Gasteiger partial charge in [0.1, 0.15) is 0 Å². The third-order valence-electron chi connectivity index (χ3n) is 2.95. The number of carbonyl (C=O) groups excluding carboxylic acids is 3. The van der Waals surface area contributed by atoms with Crippen molar-refractivity contribution in [1.29, 1.82) is 0 Å². The molecule has 0 saturated heterocycles. The minimum atomic E-state index is -1.24. The number of nitro benzene ring substituents is 1. The summed E-state index contributed by atoms with van der Waals surface area (Å²) in [7, 11) is 0. The number of esters is 1. The van der Waals surface area contributed by atoms with E-state index >= 15 is 0 Å². The van der Waals surface area contributed by atoms with Crippen molar-refractivity contribution in [2.45, 2.75) is 39.8 Å². The number of ether oxygens (including phenoxy) is 1. The number of rotatable bonds is 5. The van der Waals surface area contributed by atoms with E-state index < -0.39 is 28.9 Å². The van der Waals surface area contributed by atoms with Crippen molar-refractivity contribution in [3.63, 3.8) is 0 Å². The van der Waals surface area contributed by atoms with E-state index in [0.717, 1.165) is 6.07 Å². The first-order valence-corrected chi connectivity index (χ1v) is 7.19. The topological polar surface area (TPSA) is 128 Å². The van der Waals surface area contributed by atoms with E-state index in [1.54, 1.807) is 13.8 Å². The summed E-state index contributed by atoms with van der Waals surface area (Å²) in [5, 5.41) is 15.4. The highest BCUT2D eigenvalue weighted by Gasteiger charge is 2.22. The Balaban J connectivity index is 2.73. The molecule has 0 spiro atoms. The number of benzene rings is 1. The van der Waals surface area contributed by atoms with E-state index in [4.69, 9.17) is 4.74 Å². The lowest BCUT2D eigenvalue weighted by Gasteiger charge is -2.14. The van der Waals surface area contributed by atoms with Crippen LogP contribution in [0.25, 0.3) is 0 Å². The minimum absolute atomic E-state index is 0.0569. The van der Waals surface area contributed by atoms with Gasteiger partial charge >= 0.3 is 12.0 Å². The van der Waals surface area contributed by atoms with Gasteiger partial charge in [0.05, 0.1) is 10.5 Å². The second-order valence-corrected chi connectivity index (χ2v) is 5.42. The zero-order chi connectivity index (χ0) is 18.4. The van der Waals surface area contributed by atoms with E-state index in [0.29, 0.717) is 5.56 Å². The Morgan fingerprint density at radius 3 is 2.38 bits per heavy atom. The number of nitrogens with zero attached hydrogens (tertiary/aromatic N) is 1. The number of aryl methyl sites for hydroxylation is 1. The van der Waals surface area contributed by atoms with Crippen molar-refractivity contribution in [2.75, 3.05) is 0 Å². The summed E-state index contributed by atoms with van der Waals surface area (Å²) in [5.74, 6) is -1.70. The Morgan fingerprint density at radius 1 is 1.21 bits per heavy atom. The van der Waals surface area contributed by atoms with Crippen molar-refractivity contribution in [1.82, 2.24) is 10.6 Å². The molecule has 1 aromatic carbocycles. The van der Waals surface area contributed by atoms with E-state index in [1.165, 1.54) is 26.0 Å². The number of carbonyl (C=O) groups is 3. The Labute approximate surface area is 138 Å². The van der Waals surface area contributed by atoms with Gasteiger partial charge in [-0.3, -0.25) is 20.2 Å². The van der Waals surface area contributed by atoms with Crippen LogP contribution in [0.2, 0.25) is 0 Å². The van der Waals surface area contributed by atoms with Crippen LogP contribution in [0.15, 0.2) is 18.2 Å². The smallest absolute Gasteiger partial charge is 0.339 e. The van der Waals surface area contributed by atoms with Crippen molar-refractivity contribution in [2.24, 2.45) is 0 Å². The third kappa shape index (κ3) is 5.34. The molecular formula is C15H19N3O6. The van der Waals surface area contributed by atoms with Gasteiger partial charge in [0.2, 0.25) is 0 Å². The Morgan fingerprint density at radius 2 is 1.83 bits per heavy atom. The Kier molecular flexibility index (Phi) is 6.39. The molecule has 0 heterocycles. The maximum atomic E-state index is 12.0. The maximum Gasteiger partial charge on any atom is 0.339 e. The van der Waals surface area contributed by atoms with Crippen molar-refractivity contribution in [3.8, 4) is 0 Å². The number of amides is 3. The molecule has 0 aromatic heterocycles. The van der Waals surface area contributed by atoms with Crippen LogP contribution < -0.4 is 10.6 Å². The molecule has 1 atom stereocenters. The molecule has 0 saturated carbocycles. The van der Waals surface area contributed by atoms with Crippen molar-refractivity contribution >= 4 is 23.6 Å². The quantitative estimate of drug-likeness (QED) is 0.478. The fourth-order valence-corrected chi connectivity index (χ4v) is 1.73. The van der Waals surface area contributed by atoms with Crippen LogP contribution >= 0.6 is 0 Å². The summed E-state index contributed by atoms with van der Waals surface area (Å²) >= 11 is 0. The van der Waals surface area contributed by atoms with Crippen LogP contribution in [-0.2, 0) is 9.53 Å². The van der Waals surface area contributed by atoms with E-state index in [1.807, 2.05) is 5.32 Å². The number of nitro groups is 1. The molecule has 0 fully saturated rings. The molecule has 130 valence electrons. The zero-order valence-corrected chi connectivity index (χ0v) is 13.8. The van der Waals surface area contributed by atoms with Gasteiger partial charge in [-0.1, -0.05) is 6.07 Å². The number of nitrogens with one attached hydrogen (secondary N) is 2. The standard InChI is InChI=1S/C15H19N3O6/c1-8(2)16-15(21)17-13(19)10(4)24-14(20)11-6-5-9(3)12(7-11)18(22)23/h5-8,10H,1-4H3,(H2,16,17,19,21)/t10-/m1/s1. The minimum Gasteiger partial charge on any atom is -0.449 e. The maximum absolute atomic E-state index is 12.0. The third-order valence-corrected chi connectivity index (χ3v) is 2.95. The molecule has 0 unspecified atom stereocenters. The first-order chi connectivity index (χ1) is 11.1. The van der Waals surface area contributed by atoms with Gasteiger partial charge in [-0.15, -0.1) is 0 Å². The molecule has 0 aliphatic rings. The Bertz CT molecular complexity index is 671. The van der Waals surface area contributed by atoms with E-state index in [2.05, 4.69) is 5.32 Å². The predicted molar refractivity (Wildman–Crippen MR) is 84.5 cm³/mol. The molecule has 1 aromatic rings. The molecule has 9 heteroatoms. The highest BCUT2D eigenvalue weighted by molar-refractivity contribution is 5.98. The Hall–Kier alpha value is -2.97. The molecule has 24 heavy (non-hydrogen) atoms. The van der Waals surface area contributed by atoms with Crippen molar-refractivity contribution in [3.05, 3.63) is 39.4 Å². The lowest BCUT2D eigenvalue weighted by Crippen LogP contribution is -2.46. The first kappa shape index (κ1) is 19.1. The second kappa shape index (κ2) is 8.04. The lowest BCUT2D eigenvalue weighted by molar-refractivity contribution is -0.385. The fraction of sp³-hybridized carbons (Fsp3) is 0.400. The largest absolute Gasteiger partial charge is 0.449 e. The predicted octanol–water partition coefficient (Wildman–Crippen LogP) is 1.68. The van der Waals surface area contributed by atoms with Gasteiger partial charge < -0.3 is 10.1 Å². The summed E-state index contributed by atoms with van der Waals surface area (Å²) in [4.78, 5) is 45.4. The van der Waals surface area contributed by atoms with E-state index in [-0.39, 0.29) is 17.3 Å². The molecule has 1 rings (SSSR count). The number of urea groups is 1. The van der Waals surface area contributed by atoms with Crippen LogP contribution in [0, 0.1) is 17.0 Å². The summed E-state index contributed by atoms with van der Waals surface area (Å²) in [6.07, 6.45) is -1.24. The van der Waals surface area contributed by atoms with Crippen LogP contribution in [0.1, 0.15) is 36.7 Å². The average molecular weight is 337 g/mol. The molecule has 3 amide bonds. The van der Waals surface area contributed by atoms with Gasteiger partial charge in [-0.2, -0.15) is 0 Å². The van der Waals surface area contributed by atoms with Gasteiger partial charge in [0.15, 0.2) is 6.10 Å². The van der Waals surface area contributed by atoms with Gasteiger partial charge in [-0.25, -0.2) is 9.59 Å². The van der Waals surface area contributed by atoms with Gasteiger partial charge in [0.25, 0.3) is 11.6 Å². The molecular weight excluding hydrogens is 318 g/mol. The van der Waals surface area contributed by atoms with Crippen LogP contribution in [0.4, 0.5) is 10.5 Å². The first-order valence-electron chi connectivity index (χ1n) is 7.19. The molecule has 9 nitrogen and oxygen atoms in total. The summed E-state index contributed by atoms with van der Waals surface area (Å²) in [5.41, 5.74) is 0.115. The molecule has 0 aliphatic carbocycles. The molecule has 2 N–H and O–H groups in total. The van der Waals surface area contributed by atoms with Crippen LogP contribution in [0.3, 0.4) is 0 Å². The number of imide groups is 1. The monoisotopic (exact) mass is 337 g/mol. The lowest BCUT2D eigenvalue weighted by atomic mass is 10.1.